The summed E-state index contributed by atoms with van der Waals surface area (Å²) in [6.07, 6.45) is 0.132. The molecular formula is C26H28N2O6. The Kier molecular flexibility index (Phi) is 6.91. The fraction of sp³-hybridized carbons (Fsp3) is 0.308. The molecule has 8 heteroatoms. The number of aromatic amines is 1. The minimum absolute atomic E-state index is 0.132. The van der Waals surface area contributed by atoms with E-state index < -0.39 is 17.5 Å². The molecule has 0 bridgehead atoms. The molecule has 0 fully saturated rings. The smallest absolute Gasteiger partial charge is 0.338 e. The second-order valence-corrected chi connectivity index (χ2v) is 8.86. The lowest BCUT2D eigenvalue weighted by atomic mass is 9.96. The highest BCUT2D eigenvalue weighted by atomic mass is 16.6. The molecule has 34 heavy (non-hydrogen) atoms. The molecular weight excluding hydrogens is 436 g/mol. The molecule has 1 N–H and O–H groups in total. The highest BCUT2D eigenvalue weighted by Crippen LogP contribution is 2.34. The largest absolute Gasteiger partial charge is 0.496 e. The van der Waals surface area contributed by atoms with E-state index in [1.807, 2.05) is 13.0 Å². The Labute approximate surface area is 197 Å². The summed E-state index contributed by atoms with van der Waals surface area (Å²) in [5.41, 5.74) is 1.85. The Hall–Kier alpha value is -3.94. The molecule has 3 rings (SSSR count). The number of esters is 2. The van der Waals surface area contributed by atoms with E-state index in [0.29, 0.717) is 27.8 Å². The Morgan fingerprint density at radius 2 is 1.82 bits per heavy atom. The van der Waals surface area contributed by atoms with E-state index in [1.165, 1.54) is 26.4 Å². The van der Waals surface area contributed by atoms with Gasteiger partial charge in [-0.15, -0.1) is 0 Å². The summed E-state index contributed by atoms with van der Waals surface area (Å²) in [7, 11) is 2.81. The molecule has 0 amide bonds. The molecule has 0 aliphatic heterocycles. The minimum Gasteiger partial charge on any atom is -0.496 e. The predicted octanol–water partition coefficient (Wildman–Crippen LogP) is 4.13. The quantitative estimate of drug-likeness (QED) is 0.432. The first kappa shape index (κ1) is 24.7. The molecule has 0 radical (unpaired) electrons. The maximum absolute atomic E-state index is 12.9. The Bertz CT molecular complexity index is 1350. The van der Waals surface area contributed by atoms with Gasteiger partial charge in [0.05, 0.1) is 30.7 Å². The number of carbonyl (C=O) groups excluding carboxylic acids is 2. The van der Waals surface area contributed by atoms with E-state index in [9.17, 15) is 14.4 Å². The maximum atomic E-state index is 12.9. The van der Waals surface area contributed by atoms with Crippen LogP contribution in [0.1, 0.15) is 42.3 Å². The van der Waals surface area contributed by atoms with Crippen molar-refractivity contribution in [2.75, 3.05) is 14.2 Å². The van der Waals surface area contributed by atoms with Gasteiger partial charge >= 0.3 is 11.9 Å². The molecule has 1 heterocycles. The average molecular weight is 465 g/mol. The minimum atomic E-state index is -0.659. The zero-order chi connectivity index (χ0) is 25.2. The topological polar surface area (TPSA) is 108 Å². The predicted molar refractivity (Wildman–Crippen MR) is 129 cm³/mol. The van der Waals surface area contributed by atoms with Crippen molar-refractivity contribution in [1.29, 1.82) is 0 Å². The lowest BCUT2D eigenvalue weighted by molar-refractivity contribution is -0.136. The van der Waals surface area contributed by atoms with Crippen LogP contribution in [-0.2, 0) is 20.7 Å². The number of H-pyrrole nitrogens is 1. The Balaban J connectivity index is 2.18. The number of hydrogen-bond acceptors (Lipinski definition) is 7. The Morgan fingerprint density at radius 1 is 1.12 bits per heavy atom. The van der Waals surface area contributed by atoms with Gasteiger partial charge in [-0.25, -0.2) is 14.6 Å². The number of nitrogens with zero attached hydrogens (tertiary/aromatic N) is 1. The highest BCUT2D eigenvalue weighted by molar-refractivity contribution is 5.94. The molecule has 0 unspecified atom stereocenters. The third kappa shape index (κ3) is 5.17. The van der Waals surface area contributed by atoms with Gasteiger partial charge < -0.3 is 19.2 Å². The van der Waals surface area contributed by atoms with Gasteiger partial charge in [0.1, 0.15) is 17.2 Å². The molecule has 0 saturated heterocycles. The monoisotopic (exact) mass is 464 g/mol. The van der Waals surface area contributed by atoms with Crippen LogP contribution in [0.5, 0.6) is 5.75 Å². The summed E-state index contributed by atoms with van der Waals surface area (Å²) < 4.78 is 15.8. The van der Waals surface area contributed by atoms with Gasteiger partial charge in [-0.3, -0.25) is 4.79 Å². The van der Waals surface area contributed by atoms with E-state index >= 15 is 0 Å². The number of carbonyl (C=O) groups is 2. The number of aryl methyl sites for hydroxylation is 1. The van der Waals surface area contributed by atoms with Gasteiger partial charge in [-0.05, 0) is 51.5 Å². The molecule has 178 valence electrons. The van der Waals surface area contributed by atoms with Crippen molar-refractivity contribution in [1.82, 2.24) is 9.97 Å². The first-order valence-electron chi connectivity index (χ1n) is 10.7. The van der Waals surface area contributed by atoms with Crippen molar-refractivity contribution >= 4 is 22.8 Å². The third-order valence-corrected chi connectivity index (χ3v) is 5.12. The number of ether oxygens (including phenoxy) is 3. The molecule has 8 nitrogen and oxygen atoms in total. The summed E-state index contributed by atoms with van der Waals surface area (Å²) >= 11 is 0. The molecule has 0 atom stereocenters. The number of nitrogens with one attached hydrogen (secondary N) is 1. The van der Waals surface area contributed by atoms with Crippen molar-refractivity contribution in [2.45, 2.75) is 39.7 Å². The third-order valence-electron chi connectivity index (χ3n) is 5.12. The van der Waals surface area contributed by atoms with E-state index in [-0.39, 0.29) is 28.9 Å². The van der Waals surface area contributed by atoms with Crippen molar-refractivity contribution in [3.8, 4) is 17.1 Å². The number of benzene rings is 2. The van der Waals surface area contributed by atoms with Gasteiger partial charge in [0, 0.05) is 23.1 Å². The van der Waals surface area contributed by atoms with Crippen molar-refractivity contribution < 1.29 is 23.8 Å². The highest BCUT2D eigenvalue weighted by Gasteiger charge is 2.21. The first-order valence-corrected chi connectivity index (χ1v) is 10.7. The normalized spacial score (nSPS) is 11.2. The summed E-state index contributed by atoms with van der Waals surface area (Å²) in [4.78, 5) is 44.8. The zero-order valence-corrected chi connectivity index (χ0v) is 20.2. The van der Waals surface area contributed by atoms with Crippen molar-refractivity contribution in [3.63, 3.8) is 0 Å². The lowest BCUT2D eigenvalue weighted by Crippen LogP contribution is -2.24. The number of hydrogen-bond donors (Lipinski definition) is 1. The fourth-order valence-electron chi connectivity index (χ4n) is 3.59. The van der Waals surface area contributed by atoms with Gasteiger partial charge in [0.15, 0.2) is 0 Å². The van der Waals surface area contributed by atoms with Crippen molar-refractivity contribution in [3.05, 3.63) is 69.5 Å². The number of aromatic nitrogens is 2. The summed E-state index contributed by atoms with van der Waals surface area (Å²) in [5.74, 6) is -0.237. The number of methoxy groups -OCH3 is 2. The van der Waals surface area contributed by atoms with Crippen LogP contribution >= 0.6 is 0 Å². The SMILES string of the molecule is C=C(Cc1c(-c2nc3cc(C(=O)OC(C)(C)C)ccc3c(=O)[nH]2)ccc(C)c1OC)C(=O)OC. The summed E-state index contributed by atoms with van der Waals surface area (Å²) in [6.45, 7) is 11.0. The molecule has 2 aromatic carbocycles. The first-order chi connectivity index (χ1) is 15.9. The van der Waals surface area contributed by atoms with Crippen LogP contribution in [0.15, 0.2) is 47.3 Å². The molecule has 1 aromatic heterocycles. The van der Waals surface area contributed by atoms with Crippen LogP contribution in [-0.4, -0.2) is 41.7 Å². The maximum Gasteiger partial charge on any atom is 0.338 e. The molecule has 0 aliphatic carbocycles. The number of fused-ring (bicyclic) bond motifs is 1. The molecule has 0 saturated carbocycles. The van der Waals surface area contributed by atoms with Crippen LogP contribution in [0.3, 0.4) is 0 Å². The molecule has 3 aromatic rings. The fourth-order valence-corrected chi connectivity index (χ4v) is 3.59. The van der Waals surface area contributed by atoms with Gasteiger partial charge in [0.25, 0.3) is 5.56 Å². The van der Waals surface area contributed by atoms with Crippen LogP contribution < -0.4 is 10.3 Å². The summed E-state index contributed by atoms with van der Waals surface area (Å²) in [5, 5.41) is 0.329. The van der Waals surface area contributed by atoms with E-state index in [2.05, 4.69) is 16.5 Å². The van der Waals surface area contributed by atoms with E-state index in [4.69, 9.17) is 14.2 Å². The van der Waals surface area contributed by atoms with Gasteiger partial charge in [-0.1, -0.05) is 18.7 Å². The number of rotatable bonds is 6. The van der Waals surface area contributed by atoms with Crippen LogP contribution in [0.2, 0.25) is 0 Å². The molecule has 0 spiro atoms. The van der Waals surface area contributed by atoms with E-state index in [0.717, 1.165) is 5.56 Å². The van der Waals surface area contributed by atoms with E-state index in [1.54, 1.807) is 32.9 Å². The van der Waals surface area contributed by atoms with Crippen molar-refractivity contribution in [2.24, 2.45) is 0 Å². The van der Waals surface area contributed by atoms with Gasteiger partial charge in [-0.2, -0.15) is 0 Å². The van der Waals surface area contributed by atoms with Crippen LogP contribution in [0, 0.1) is 6.92 Å². The summed E-state index contributed by atoms with van der Waals surface area (Å²) in [6, 6.07) is 8.23. The van der Waals surface area contributed by atoms with Gasteiger partial charge in [0.2, 0.25) is 0 Å². The molecule has 0 aliphatic rings. The Morgan fingerprint density at radius 3 is 2.44 bits per heavy atom. The lowest BCUT2D eigenvalue weighted by Gasteiger charge is -2.19. The zero-order valence-electron chi connectivity index (χ0n) is 20.2. The second kappa shape index (κ2) is 9.51. The average Bonchev–Trinajstić information content (AvgIpc) is 2.77. The van der Waals surface area contributed by atoms with Crippen LogP contribution in [0.25, 0.3) is 22.3 Å². The second-order valence-electron chi connectivity index (χ2n) is 8.86. The standard InChI is InChI=1S/C26H28N2O6/c1-14-8-10-17(19(21(14)32-6)12-15(2)24(30)33-7)22-27-20-13-16(25(31)34-26(3,4)5)9-11-18(20)23(29)28-22/h8-11,13H,2,12H2,1,3-7H3,(H,27,28,29). The van der Waals surface area contributed by atoms with Crippen LogP contribution in [0.4, 0.5) is 0 Å².